The van der Waals surface area contributed by atoms with Gasteiger partial charge in [-0.25, -0.2) is 0 Å². The van der Waals surface area contributed by atoms with Crippen LogP contribution in [-0.2, 0) is 11.3 Å². The number of halogens is 1. The highest BCUT2D eigenvalue weighted by Gasteiger charge is 2.25. The predicted octanol–water partition coefficient (Wildman–Crippen LogP) is 3.47. The van der Waals surface area contributed by atoms with Crippen molar-refractivity contribution in [3.63, 3.8) is 0 Å². The maximum atomic E-state index is 12.1. The van der Waals surface area contributed by atoms with Crippen LogP contribution in [-0.4, -0.2) is 29.9 Å². The molecule has 0 saturated carbocycles. The number of carbonyl (C=O) groups is 1. The molecule has 0 aromatic heterocycles. The second-order valence-electron chi connectivity index (χ2n) is 6.00. The molecule has 2 rings (SSSR count). The summed E-state index contributed by atoms with van der Waals surface area (Å²) in [6.45, 7) is 7.03. The molecule has 0 bridgehead atoms. The lowest BCUT2D eigenvalue weighted by molar-refractivity contribution is -0.127. The quantitative estimate of drug-likeness (QED) is 0.903. The van der Waals surface area contributed by atoms with Crippen LogP contribution < -0.4 is 5.32 Å². The Kier molecular flexibility index (Phi) is 6.07. The van der Waals surface area contributed by atoms with Crippen LogP contribution >= 0.6 is 11.6 Å². The van der Waals surface area contributed by atoms with Crippen LogP contribution in [0, 0.1) is 5.92 Å². The Bertz CT molecular complexity index is 470. The molecule has 1 N–H and O–H groups in total. The Morgan fingerprint density at radius 1 is 1.43 bits per heavy atom. The smallest absolute Gasteiger partial charge is 0.223 e. The third kappa shape index (κ3) is 5.01. The van der Waals surface area contributed by atoms with Gasteiger partial charge in [0.05, 0.1) is 0 Å². The molecule has 3 nitrogen and oxygen atoms in total. The lowest BCUT2D eigenvalue weighted by Gasteiger charge is -2.31. The van der Waals surface area contributed by atoms with E-state index in [9.17, 15) is 4.79 Å². The van der Waals surface area contributed by atoms with E-state index in [0.717, 1.165) is 43.9 Å². The molecule has 116 valence electrons. The number of piperidine rings is 1. The Balaban J connectivity index is 1.79. The molecule has 0 spiro atoms. The summed E-state index contributed by atoms with van der Waals surface area (Å²) in [7, 11) is 0. The van der Waals surface area contributed by atoms with E-state index in [1.54, 1.807) is 0 Å². The highest BCUT2D eigenvalue weighted by molar-refractivity contribution is 6.30. The third-order valence-electron chi connectivity index (χ3n) is 4.25. The van der Waals surface area contributed by atoms with Gasteiger partial charge in [0.2, 0.25) is 5.91 Å². The predicted molar refractivity (Wildman–Crippen MR) is 87.3 cm³/mol. The van der Waals surface area contributed by atoms with Gasteiger partial charge in [0.25, 0.3) is 0 Å². The summed E-state index contributed by atoms with van der Waals surface area (Å²) >= 11 is 6.02. The summed E-state index contributed by atoms with van der Waals surface area (Å²) in [6, 6.07) is 8.29. The molecule has 0 aliphatic carbocycles. The third-order valence-corrected chi connectivity index (χ3v) is 4.49. The van der Waals surface area contributed by atoms with Gasteiger partial charge in [-0.3, -0.25) is 9.69 Å². The van der Waals surface area contributed by atoms with Gasteiger partial charge < -0.3 is 5.32 Å². The standard InChI is InChI=1S/C17H25ClN2O/c1-3-13(2)19-17(21)15-7-9-20(10-8-15)12-14-5-4-6-16(18)11-14/h4-6,11,13,15H,3,7-10,12H2,1-2H3,(H,19,21)/t13-/m1/s1. The van der Waals surface area contributed by atoms with Gasteiger partial charge in [-0.2, -0.15) is 0 Å². The molecular weight excluding hydrogens is 284 g/mol. The fourth-order valence-electron chi connectivity index (χ4n) is 2.71. The Labute approximate surface area is 132 Å². The topological polar surface area (TPSA) is 32.3 Å². The summed E-state index contributed by atoms with van der Waals surface area (Å²) in [5.74, 6) is 0.404. The Hall–Kier alpha value is -1.06. The van der Waals surface area contributed by atoms with Gasteiger partial charge in [0.15, 0.2) is 0 Å². The number of carbonyl (C=O) groups excluding carboxylic acids is 1. The number of hydrogen-bond donors (Lipinski definition) is 1. The average Bonchev–Trinajstić information content (AvgIpc) is 2.47. The fraction of sp³-hybridized carbons (Fsp3) is 0.588. The molecule has 1 fully saturated rings. The molecule has 21 heavy (non-hydrogen) atoms. The Morgan fingerprint density at radius 3 is 2.76 bits per heavy atom. The monoisotopic (exact) mass is 308 g/mol. The second-order valence-corrected chi connectivity index (χ2v) is 6.43. The van der Waals surface area contributed by atoms with E-state index in [1.807, 2.05) is 18.2 Å². The van der Waals surface area contributed by atoms with E-state index >= 15 is 0 Å². The minimum Gasteiger partial charge on any atom is -0.353 e. The van der Waals surface area contributed by atoms with E-state index in [0.29, 0.717) is 0 Å². The number of likely N-dealkylation sites (tertiary alicyclic amines) is 1. The lowest BCUT2D eigenvalue weighted by Crippen LogP contribution is -2.42. The summed E-state index contributed by atoms with van der Waals surface area (Å²) in [5.41, 5.74) is 1.24. The van der Waals surface area contributed by atoms with Crippen LogP contribution in [0.1, 0.15) is 38.7 Å². The van der Waals surface area contributed by atoms with Crippen molar-refractivity contribution in [3.05, 3.63) is 34.9 Å². The second kappa shape index (κ2) is 7.81. The molecule has 4 heteroatoms. The highest BCUT2D eigenvalue weighted by atomic mass is 35.5. The van der Waals surface area contributed by atoms with Gasteiger partial charge in [-0.1, -0.05) is 30.7 Å². The summed E-state index contributed by atoms with van der Waals surface area (Å²) in [5, 5.41) is 3.88. The van der Waals surface area contributed by atoms with E-state index in [2.05, 4.69) is 30.1 Å². The average molecular weight is 309 g/mol. The Morgan fingerprint density at radius 2 is 2.14 bits per heavy atom. The van der Waals surface area contributed by atoms with Gasteiger partial charge >= 0.3 is 0 Å². The van der Waals surface area contributed by atoms with Crippen molar-refractivity contribution in [1.29, 1.82) is 0 Å². The number of rotatable bonds is 5. The molecular formula is C17H25ClN2O. The molecule has 1 amide bonds. The van der Waals surface area contributed by atoms with Crippen molar-refractivity contribution in [1.82, 2.24) is 10.2 Å². The molecule has 0 unspecified atom stereocenters. The van der Waals surface area contributed by atoms with Crippen molar-refractivity contribution in [2.75, 3.05) is 13.1 Å². The van der Waals surface area contributed by atoms with Crippen molar-refractivity contribution >= 4 is 17.5 Å². The summed E-state index contributed by atoms with van der Waals surface area (Å²) in [4.78, 5) is 14.5. The van der Waals surface area contributed by atoms with Crippen molar-refractivity contribution in [3.8, 4) is 0 Å². The van der Waals surface area contributed by atoms with Crippen LogP contribution in [0.25, 0.3) is 0 Å². The van der Waals surface area contributed by atoms with Gasteiger partial charge in [0.1, 0.15) is 0 Å². The highest BCUT2D eigenvalue weighted by Crippen LogP contribution is 2.20. The largest absolute Gasteiger partial charge is 0.353 e. The van der Waals surface area contributed by atoms with E-state index in [-0.39, 0.29) is 17.9 Å². The van der Waals surface area contributed by atoms with E-state index < -0.39 is 0 Å². The molecule has 1 aromatic carbocycles. The van der Waals surface area contributed by atoms with Crippen molar-refractivity contribution in [2.24, 2.45) is 5.92 Å². The maximum Gasteiger partial charge on any atom is 0.223 e. The summed E-state index contributed by atoms with van der Waals surface area (Å²) in [6.07, 6.45) is 2.88. The first-order valence-electron chi connectivity index (χ1n) is 7.85. The molecule has 1 saturated heterocycles. The number of benzene rings is 1. The summed E-state index contributed by atoms with van der Waals surface area (Å²) < 4.78 is 0. The minimum atomic E-state index is 0.176. The van der Waals surface area contributed by atoms with Crippen LogP contribution in [0.2, 0.25) is 5.02 Å². The van der Waals surface area contributed by atoms with Gasteiger partial charge in [-0.05, 0) is 57.0 Å². The number of hydrogen-bond acceptors (Lipinski definition) is 2. The number of amides is 1. The molecule has 1 aliphatic rings. The SMILES string of the molecule is CC[C@@H](C)NC(=O)C1CCN(Cc2cccc(Cl)c2)CC1. The van der Waals surface area contributed by atoms with E-state index in [4.69, 9.17) is 11.6 Å². The first-order valence-corrected chi connectivity index (χ1v) is 8.23. The molecule has 0 radical (unpaired) electrons. The minimum absolute atomic E-state index is 0.176. The first-order chi connectivity index (χ1) is 10.1. The molecule has 1 aromatic rings. The molecule has 1 aliphatic heterocycles. The molecule has 1 atom stereocenters. The first kappa shape index (κ1) is 16.3. The number of nitrogens with zero attached hydrogens (tertiary/aromatic N) is 1. The molecule has 1 heterocycles. The van der Waals surface area contributed by atoms with Crippen molar-refractivity contribution < 1.29 is 4.79 Å². The zero-order valence-electron chi connectivity index (χ0n) is 12.9. The van der Waals surface area contributed by atoms with Gasteiger partial charge in [-0.15, -0.1) is 0 Å². The van der Waals surface area contributed by atoms with E-state index in [1.165, 1.54) is 5.56 Å². The van der Waals surface area contributed by atoms with Crippen molar-refractivity contribution in [2.45, 2.75) is 45.7 Å². The van der Waals surface area contributed by atoms with Gasteiger partial charge in [0, 0.05) is 23.5 Å². The lowest BCUT2D eigenvalue weighted by atomic mass is 9.95. The fourth-order valence-corrected chi connectivity index (χ4v) is 2.92. The van der Waals surface area contributed by atoms with Crippen LogP contribution in [0.5, 0.6) is 0 Å². The van der Waals surface area contributed by atoms with Crippen LogP contribution in [0.3, 0.4) is 0 Å². The van der Waals surface area contributed by atoms with Crippen LogP contribution in [0.15, 0.2) is 24.3 Å². The van der Waals surface area contributed by atoms with Crippen LogP contribution in [0.4, 0.5) is 0 Å². The normalized spacial score (nSPS) is 18.4. The maximum absolute atomic E-state index is 12.1. The number of nitrogens with one attached hydrogen (secondary N) is 1. The zero-order valence-corrected chi connectivity index (χ0v) is 13.7. The zero-order chi connectivity index (χ0) is 15.2.